The molecule has 2 aromatic rings. The van der Waals surface area contributed by atoms with Crippen LogP contribution in [-0.2, 0) is 11.3 Å². The van der Waals surface area contributed by atoms with Gasteiger partial charge in [0.05, 0.1) is 0 Å². The van der Waals surface area contributed by atoms with E-state index in [0.29, 0.717) is 18.7 Å². The summed E-state index contributed by atoms with van der Waals surface area (Å²) in [6.07, 6.45) is 1.63. The van der Waals surface area contributed by atoms with Crippen LogP contribution >= 0.6 is 0 Å². The number of ketones is 1. The number of carbonyl (C=O) groups is 2. The normalized spacial score (nSPS) is 14.4. The third kappa shape index (κ3) is 3.96. The largest absolute Gasteiger partial charge is 0.368 e. The first-order valence-corrected chi connectivity index (χ1v) is 8.34. The Morgan fingerprint density at radius 2 is 1.64 bits per heavy atom. The van der Waals surface area contributed by atoms with Crippen LogP contribution in [-0.4, -0.2) is 47.3 Å². The Morgan fingerprint density at radius 1 is 0.960 bits per heavy atom. The van der Waals surface area contributed by atoms with E-state index in [1.807, 2.05) is 24.3 Å². The molecule has 1 aromatic heterocycles. The summed E-state index contributed by atoms with van der Waals surface area (Å²) in [6.45, 7) is 4.33. The molecule has 6 heteroatoms. The van der Waals surface area contributed by atoms with Crippen molar-refractivity contribution in [1.82, 2.24) is 9.47 Å². The molecule has 3 rings (SSSR count). The van der Waals surface area contributed by atoms with Gasteiger partial charge in [0.15, 0.2) is 5.78 Å². The SMILES string of the molecule is CC(=O)c1ccc(N2CCN(C(=O)Cn3ccccc3=O)CC2)cc1. The zero-order valence-corrected chi connectivity index (χ0v) is 14.2. The summed E-state index contributed by atoms with van der Waals surface area (Å²) < 4.78 is 1.43. The van der Waals surface area contributed by atoms with Gasteiger partial charge in [-0.3, -0.25) is 14.4 Å². The highest BCUT2D eigenvalue weighted by molar-refractivity contribution is 5.94. The number of amides is 1. The Hall–Kier alpha value is -2.89. The van der Waals surface area contributed by atoms with Crippen molar-refractivity contribution in [2.45, 2.75) is 13.5 Å². The molecule has 2 heterocycles. The minimum absolute atomic E-state index is 0.0418. The molecule has 1 saturated heterocycles. The molecule has 0 N–H and O–H groups in total. The summed E-state index contributed by atoms with van der Waals surface area (Å²) in [7, 11) is 0. The number of pyridine rings is 1. The first-order chi connectivity index (χ1) is 12.0. The molecular weight excluding hydrogens is 318 g/mol. The summed E-state index contributed by atoms with van der Waals surface area (Å²) in [4.78, 5) is 39.4. The topological polar surface area (TPSA) is 62.6 Å². The van der Waals surface area contributed by atoms with Gasteiger partial charge in [-0.05, 0) is 37.3 Å². The van der Waals surface area contributed by atoms with E-state index in [2.05, 4.69) is 4.90 Å². The monoisotopic (exact) mass is 339 g/mol. The summed E-state index contributed by atoms with van der Waals surface area (Å²) in [6, 6.07) is 12.4. The Morgan fingerprint density at radius 3 is 2.24 bits per heavy atom. The molecule has 1 aromatic carbocycles. The van der Waals surface area contributed by atoms with Gasteiger partial charge in [0.1, 0.15) is 6.54 Å². The lowest BCUT2D eigenvalue weighted by atomic mass is 10.1. The molecule has 0 spiro atoms. The molecule has 1 aliphatic heterocycles. The average molecular weight is 339 g/mol. The van der Waals surface area contributed by atoms with E-state index >= 15 is 0 Å². The van der Waals surface area contributed by atoms with Gasteiger partial charge in [-0.25, -0.2) is 0 Å². The van der Waals surface area contributed by atoms with E-state index in [9.17, 15) is 14.4 Å². The van der Waals surface area contributed by atoms with Crippen molar-refractivity contribution >= 4 is 17.4 Å². The molecular formula is C19H21N3O3. The van der Waals surface area contributed by atoms with E-state index in [0.717, 1.165) is 18.8 Å². The minimum Gasteiger partial charge on any atom is -0.368 e. The van der Waals surface area contributed by atoms with Crippen molar-refractivity contribution in [1.29, 1.82) is 0 Å². The van der Waals surface area contributed by atoms with Crippen LogP contribution in [0.2, 0.25) is 0 Å². The Labute approximate surface area is 146 Å². The highest BCUT2D eigenvalue weighted by Crippen LogP contribution is 2.17. The smallest absolute Gasteiger partial charge is 0.250 e. The maximum Gasteiger partial charge on any atom is 0.250 e. The Balaban J connectivity index is 1.58. The maximum absolute atomic E-state index is 12.4. The predicted octanol–water partition coefficient (Wildman–Crippen LogP) is 1.40. The molecule has 0 bridgehead atoms. The van der Waals surface area contributed by atoms with Crippen molar-refractivity contribution in [2.75, 3.05) is 31.1 Å². The molecule has 0 unspecified atom stereocenters. The number of hydrogen-bond acceptors (Lipinski definition) is 4. The highest BCUT2D eigenvalue weighted by atomic mass is 16.2. The predicted molar refractivity (Wildman–Crippen MR) is 95.9 cm³/mol. The molecule has 25 heavy (non-hydrogen) atoms. The average Bonchev–Trinajstić information content (AvgIpc) is 2.64. The number of Topliss-reactive ketones (excluding diaryl/α,β-unsaturated/α-hetero) is 1. The lowest BCUT2D eigenvalue weighted by molar-refractivity contribution is -0.132. The number of rotatable bonds is 4. The van der Waals surface area contributed by atoms with Gasteiger partial charge < -0.3 is 14.4 Å². The zero-order valence-electron chi connectivity index (χ0n) is 14.2. The second-order valence-corrected chi connectivity index (χ2v) is 6.14. The fourth-order valence-corrected chi connectivity index (χ4v) is 2.96. The van der Waals surface area contributed by atoms with Gasteiger partial charge >= 0.3 is 0 Å². The van der Waals surface area contributed by atoms with Crippen molar-refractivity contribution in [3.05, 3.63) is 64.6 Å². The minimum atomic E-state index is -0.167. The highest BCUT2D eigenvalue weighted by Gasteiger charge is 2.21. The molecule has 130 valence electrons. The lowest BCUT2D eigenvalue weighted by Gasteiger charge is -2.36. The van der Waals surface area contributed by atoms with Crippen molar-refractivity contribution in [2.24, 2.45) is 0 Å². The summed E-state index contributed by atoms with van der Waals surface area (Å²) in [5.41, 5.74) is 1.59. The van der Waals surface area contributed by atoms with Gasteiger partial charge in [-0.2, -0.15) is 0 Å². The van der Waals surface area contributed by atoms with E-state index in [1.54, 1.807) is 30.2 Å². The summed E-state index contributed by atoms with van der Waals surface area (Å²) in [5, 5.41) is 0. The molecule has 0 atom stereocenters. The number of aromatic nitrogens is 1. The maximum atomic E-state index is 12.4. The van der Waals surface area contributed by atoms with E-state index in [-0.39, 0.29) is 23.8 Å². The third-order valence-electron chi connectivity index (χ3n) is 4.48. The lowest BCUT2D eigenvalue weighted by Crippen LogP contribution is -2.50. The van der Waals surface area contributed by atoms with Gasteiger partial charge in [-0.15, -0.1) is 0 Å². The van der Waals surface area contributed by atoms with Gasteiger partial charge in [-0.1, -0.05) is 6.07 Å². The third-order valence-corrected chi connectivity index (χ3v) is 4.48. The van der Waals surface area contributed by atoms with Crippen LogP contribution < -0.4 is 10.5 Å². The van der Waals surface area contributed by atoms with E-state index in [4.69, 9.17) is 0 Å². The van der Waals surface area contributed by atoms with Crippen LogP contribution in [0.4, 0.5) is 5.69 Å². The van der Waals surface area contributed by atoms with Crippen LogP contribution in [0, 0.1) is 0 Å². The van der Waals surface area contributed by atoms with Crippen LogP contribution in [0.1, 0.15) is 17.3 Å². The number of benzene rings is 1. The van der Waals surface area contributed by atoms with Crippen LogP contribution in [0.15, 0.2) is 53.5 Å². The number of carbonyl (C=O) groups excluding carboxylic acids is 2. The first kappa shape index (κ1) is 17.0. The van der Waals surface area contributed by atoms with E-state index < -0.39 is 0 Å². The van der Waals surface area contributed by atoms with Gasteiger partial charge in [0.25, 0.3) is 5.56 Å². The molecule has 6 nitrogen and oxygen atoms in total. The molecule has 0 aliphatic carbocycles. The van der Waals surface area contributed by atoms with E-state index in [1.165, 1.54) is 10.6 Å². The van der Waals surface area contributed by atoms with Gasteiger partial charge in [0, 0.05) is 49.7 Å². The van der Waals surface area contributed by atoms with Crippen molar-refractivity contribution in [3.63, 3.8) is 0 Å². The fourth-order valence-electron chi connectivity index (χ4n) is 2.96. The quantitative estimate of drug-likeness (QED) is 0.790. The number of nitrogens with zero attached hydrogens (tertiary/aromatic N) is 3. The second-order valence-electron chi connectivity index (χ2n) is 6.14. The number of anilines is 1. The molecule has 0 saturated carbocycles. The Bertz CT molecular complexity index is 818. The summed E-state index contributed by atoms with van der Waals surface area (Å²) >= 11 is 0. The van der Waals surface area contributed by atoms with Crippen LogP contribution in [0.25, 0.3) is 0 Å². The standard InChI is InChI=1S/C19H21N3O3/c1-15(23)16-5-7-17(8-6-16)20-10-12-21(13-11-20)19(25)14-22-9-3-2-4-18(22)24/h2-9H,10-14H2,1H3. The fraction of sp³-hybridized carbons (Fsp3) is 0.316. The van der Waals surface area contributed by atoms with Crippen LogP contribution in [0.3, 0.4) is 0 Å². The number of piperazine rings is 1. The number of hydrogen-bond donors (Lipinski definition) is 0. The first-order valence-electron chi connectivity index (χ1n) is 8.34. The molecule has 0 radical (unpaired) electrons. The van der Waals surface area contributed by atoms with Gasteiger partial charge in [0.2, 0.25) is 5.91 Å². The zero-order chi connectivity index (χ0) is 17.8. The molecule has 1 aliphatic rings. The van der Waals surface area contributed by atoms with Crippen LogP contribution in [0.5, 0.6) is 0 Å². The summed E-state index contributed by atoms with van der Waals surface area (Å²) in [5.74, 6) is 0.0120. The van der Waals surface area contributed by atoms with Crippen molar-refractivity contribution in [3.8, 4) is 0 Å². The molecule has 1 fully saturated rings. The second kappa shape index (κ2) is 7.34. The van der Waals surface area contributed by atoms with Crippen molar-refractivity contribution < 1.29 is 9.59 Å². The Kier molecular flexibility index (Phi) is 4.97. The molecule has 1 amide bonds.